The van der Waals surface area contributed by atoms with Gasteiger partial charge >= 0.3 is 0 Å². The number of nitrogens with one attached hydrogen (secondary N) is 1. The quantitative estimate of drug-likeness (QED) is 0.851. The van der Waals surface area contributed by atoms with E-state index >= 15 is 0 Å². The normalized spacial score (nSPS) is 12.7. The molecule has 0 aliphatic carbocycles. The Morgan fingerprint density at radius 3 is 2.38 bits per heavy atom. The first kappa shape index (κ1) is 18.0. The summed E-state index contributed by atoms with van der Waals surface area (Å²) in [5.74, 6) is 1.10. The summed E-state index contributed by atoms with van der Waals surface area (Å²) in [6, 6.07) is 0. The number of aryl methyl sites for hydroxylation is 2. The first-order chi connectivity index (χ1) is 9.41. The van der Waals surface area contributed by atoms with E-state index in [0.717, 1.165) is 17.1 Å². The molecule has 0 radical (unpaired) electrons. The summed E-state index contributed by atoms with van der Waals surface area (Å²) in [7, 11) is 0.825. The van der Waals surface area contributed by atoms with Crippen LogP contribution in [0.2, 0.25) is 0 Å². The maximum absolute atomic E-state index is 11.3. The van der Waals surface area contributed by atoms with Gasteiger partial charge in [-0.3, -0.25) is 4.68 Å². The van der Waals surface area contributed by atoms with Gasteiger partial charge in [0.1, 0.15) is 15.7 Å². The van der Waals surface area contributed by atoms with Crippen molar-refractivity contribution in [3.8, 4) is 0 Å². The molecule has 1 N–H and O–H groups in total. The first-order valence-electron chi connectivity index (χ1n) is 7.07. The van der Waals surface area contributed by atoms with Gasteiger partial charge in [-0.2, -0.15) is 5.10 Å². The number of rotatable bonds is 6. The van der Waals surface area contributed by atoms with E-state index in [1.807, 2.05) is 30.6 Å². The molecule has 1 aromatic heterocycles. The van der Waals surface area contributed by atoms with E-state index in [2.05, 4.69) is 31.2 Å². The second-order valence-corrected chi connectivity index (χ2v) is 8.93. The minimum absolute atomic E-state index is 0.0187. The van der Waals surface area contributed by atoms with E-state index in [9.17, 15) is 8.42 Å². The number of anilines is 1. The van der Waals surface area contributed by atoms with Crippen molar-refractivity contribution in [3.05, 3.63) is 11.3 Å². The van der Waals surface area contributed by atoms with E-state index in [1.54, 1.807) is 0 Å². The fraction of sp³-hybridized carbons (Fsp3) is 0.786. The molecule has 0 bridgehead atoms. The lowest BCUT2D eigenvalue weighted by atomic mass is 10.1. The summed E-state index contributed by atoms with van der Waals surface area (Å²) >= 11 is 0. The van der Waals surface area contributed by atoms with Gasteiger partial charge < -0.3 is 10.2 Å². The highest BCUT2D eigenvalue weighted by atomic mass is 32.2. The van der Waals surface area contributed by atoms with Crippen LogP contribution in [0, 0.1) is 6.92 Å². The highest BCUT2D eigenvalue weighted by molar-refractivity contribution is 7.90. The SMILES string of the molecule is Cc1nn(C)c(N(C)CCS(C)(=O)=O)c1CNC(C)(C)C. The molecule has 0 aliphatic rings. The number of hydrogen-bond acceptors (Lipinski definition) is 5. The van der Waals surface area contributed by atoms with E-state index in [0.29, 0.717) is 13.1 Å². The van der Waals surface area contributed by atoms with Crippen LogP contribution in [0.15, 0.2) is 0 Å². The Hall–Kier alpha value is -1.08. The standard InChI is InChI=1S/C14H28N4O2S/c1-11-12(10-15-14(2,3)4)13(18(6)16-11)17(5)8-9-21(7,19)20/h15H,8-10H2,1-7H3. The largest absolute Gasteiger partial charge is 0.359 e. The van der Waals surface area contributed by atoms with Gasteiger partial charge in [0.2, 0.25) is 0 Å². The predicted molar refractivity (Wildman–Crippen MR) is 87.5 cm³/mol. The molecule has 0 atom stereocenters. The van der Waals surface area contributed by atoms with Crippen LogP contribution in [-0.4, -0.2) is 49.3 Å². The van der Waals surface area contributed by atoms with Crippen LogP contribution in [0.3, 0.4) is 0 Å². The van der Waals surface area contributed by atoms with Gasteiger partial charge in [-0.15, -0.1) is 0 Å². The molecular weight excluding hydrogens is 288 g/mol. The Morgan fingerprint density at radius 1 is 1.33 bits per heavy atom. The topological polar surface area (TPSA) is 67.2 Å². The number of hydrogen-bond donors (Lipinski definition) is 1. The minimum atomic E-state index is -2.97. The Labute approximate surface area is 128 Å². The number of nitrogens with zero attached hydrogens (tertiary/aromatic N) is 3. The van der Waals surface area contributed by atoms with E-state index in [-0.39, 0.29) is 11.3 Å². The molecule has 7 heteroatoms. The molecule has 1 heterocycles. The van der Waals surface area contributed by atoms with Crippen molar-refractivity contribution >= 4 is 15.7 Å². The van der Waals surface area contributed by atoms with Crippen LogP contribution in [0.1, 0.15) is 32.0 Å². The second-order valence-electron chi connectivity index (χ2n) is 6.67. The third kappa shape index (κ3) is 5.67. The average Bonchev–Trinajstić information content (AvgIpc) is 2.56. The molecule has 6 nitrogen and oxygen atoms in total. The number of sulfone groups is 1. The lowest BCUT2D eigenvalue weighted by molar-refractivity contribution is 0.424. The van der Waals surface area contributed by atoms with Crippen molar-refractivity contribution in [1.29, 1.82) is 0 Å². The van der Waals surface area contributed by atoms with Crippen LogP contribution in [0.5, 0.6) is 0 Å². The van der Waals surface area contributed by atoms with Crippen molar-refractivity contribution in [2.24, 2.45) is 7.05 Å². The molecule has 0 amide bonds. The molecule has 1 rings (SSSR count). The van der Waals surface area contributed by atoms with Gasteiger partial charge in [-0.05, 0) is 27.7 Å². The lowest BCUT2D eigenvalue weighted by Crippen LogP contribution is -2.36. The van der Waals surface area contributed by atoms with Gasteiger partial charge in [0, 0.05) is 44.5 Å². The second kappa shape index (κ2) is 6.36. The maximum atomic E-state index is 11.3. The van der Waals surface area contributed by atoms with Gasteiger partial charge in [0.05, 0.1) is 11.4 Å². The summed E-state index contributed by atoms with van der Waals surface area (Å²) < 4.78 is 24.5. The number of aromatic nitrogens is 2. The third-order valence-corrected chi connectivity index (χ3v) is 4.19. The van der Waals surface area contributed by atoms with E-state index in [4.69, 9.17) is 0 Å². The highest BCUT2D eigenvalue weighted by Gasteiger charge is 2.19. The zero-order chi connectivity index (χ0) is 16.4. The fourth-order valence-corrected chi connectivity index (χ4v) is 2.74. The van der Waals surface area contributed by atoms with Crippen LogP contribution >= 0.6 is 0 Å². The summed E-state index contributed by atoms with van der Waals surface area (Å²) in [6.45, 7) is 9.50. The van der Waals surface area contributed by atoms with Crippen LogP contribution in [0.4, 0.5) is 5.82 Å². The molecule has 0 fully saturated rings. The molecule has 0 saturated carbocycles. The summed E-state index contributed by atoms with van der Waals surface area (Å²) in [5, 5.41) is 7.92. The Kier molecular flexibility index (Phi) is 5.44. The van der Waals surface area contributed by atoms with Gasteiger partial charge in [-0.25, -0.2) is 8.42 Å². The maximum Gasteiger partial charge on any atom is 0.149 e. The summed E-state index contributed by atoms with van der Waals surface area (Å²) in [4.78, 5) is 1.96. The minimum Gasteiger partial charge on any atom is -0.359 e. The monoisotopic (exact) mass is 316 g/mol. The molecule has 122 valence electrons. The molecule has 0 saturated heterocycles. The van der Waals surface area contributed by atoms with Crippen molar-refractivity contribution in [3.63, 3.8) is 0 Å². The molecular formula is C14H28N4O2S. The predicted octanol–water partition coefficient (Wildman–Crippen LogP) is 1.10. The summed E-state index contributed by atoms with van der Waals surface area (Å²) in [5.41, 5.74) is 2.10. The van der Waals surface area contributed by atoms with Crippen molar-refractivity contribution < 1.29 is 8.42 Å². The van der Waals surface area contributed by atoms with Crippen molar-refractivity contribution in [2.45, 2.75) is 39.8 Å². The molecule has 0 unspecified atom stereocenters. The average molecular weight is 316 g/mol. The fourth-order valence-electron chi connectivity index (χ4n) is 2.14. The Morgan fingerprint density at radius 2 is 1.90 bits per heavy atom. The Balaban J connectivity index is 2.95. The molecule has 21 heavy (non-hydrogen) atoms. The highest BCUT2D eigenvalue weighted by Crippen LogP contribution is 2.22. The zero-order valence-corrected chi connectivity index (χ0v) is 15.0. The van der Waals surface area contributed by atoms with E-state index in [1.165, 1.54) is 6.26 Å². The summed E-state index contributed by atoms with van der Waals surface area (Å²) in [6.07, 6.45) is 1.26. The molecule has 1 aromatic rings. The molecule has 0 aromatic carbocycles. The Bertz CT molecular complexity index is 585. The first-order valence-corrected chi connectivity index (χ1v) is 9.13. The van der Waals surface area contributed by atoms with Gasteiger partial charge in [-0.1, -0.05) is 0 Å². The van der Waals surface area contributed by atoms with Gasteiger partial charge in [0.25, 0.3) is 0 Å². The smallest absolute Gasteiger partial charge is 0.149 e. The van der Waals surface area contributed by atoms with Crippen molar-refractivity contribution in [2.75, 3.05) is 30.5 Å². The van der Waals surface area contributed by atoms with Crippen LogP contribution in [-0.2, 0) is 23.4 Å². The van der Waals surface area contributed by atoms with Crippen molar-refractivity contribution in [1.82, 2.24) is 15.1 Å². The lowest BCUT2D eigenvalue weighted by Gasteiger charge is -2.24. The van der Waals surface area contributed by atoms with Crippen LogP contribution in [0.25, 0.3) is 0 Å². The van der Waals surface area contributed by atoms with Gasteiger partial charge in [0.15, 0.2) is 0 Å². The zero-order valence-electron chi connectivity index (χ0n) is 14.2. The molecule has 0 aliphatic heterocycles. The van der Waals surface area contributed by atoms with E-state index < -0.39 is 9.84 Å². The molecule has 0 spiro atoms. The third-order valence-electron chi connectivity index (χ3n) is 3.27. The van der Waals surface area contributed by atoms with Crippen LogP contribution < -0.4 is 10.2 Å².